The van der Waals surface area contributed by atoms with Gasteiger partial charge in [0.1, 0.15) is 0 Å². The maximum atomic E-state index is 5.75. The Balaban J connectivity index is 4.00. The fourth-order valence-corrected chi connectivity index (χ4v) is 1.90. The van der Waals surface area contributed by atoms with Crippen LogP contribution >= 0.6 is 0 Å². The van der Waals surface area contributed by atoms with Crippen molar-refractivity contribution in [3.8, 4) is 0 Å². The van der Waals surface area contributed by atoms with Crippen LogP contribution in [0.4, 0.5) is 0 Å². The van der Waals surface area contributed by atoms with Crippen LogP contribution in [0, 0.1) is 0 Å². The number of ether oxygens (including phenoxy) is 1. The first-order valence-electron chi connectivity index (χ1n) is 6.25. The summed E-state index contributed by atoms with van der Waals surface area (Å²) in [5, 5.41) is 3.52. The number of hydrogen-bond donors (Lipinski definition) is 1. The highest BCUT2D eigenvalue weighted by atomic mass is 16.5. The van der Waals surface area contributed by atoms with Crippen LogP contribution in [0.5, 0.6) is 0 Å². The number of rotatable bonds is 10. The summed E-state index contributed by atoms with van der Waals surface area (Å²) >= 11 is 0. The molecular formula is C13H27NO. The van der Waals surface area contributed by atoms with Crippen molar-refractivity contribution >= 4 is 0 Å². The van der Waals surface area contributed by atoms with E-state index in [4.69, 9.17) is 4.74 Å². The molecular weight excluding hydrogens is 186 g/mol. The molecule has 0 aromatic heterocycles. The van der Waals surface area contributed by atoms with Crippen molar-refractivity contribution in [1.29, 1.82) is 0 Å². The van der Waals surface area contributed by atoms with Crippen LogP contribution in [0.15, 0.2) is 12.7 Å². The predicted molar refractivity (Wildman–Crippen MR) is 67.2 cm³/mol. The van der Waals surface area contributed by atoms with Crippen molar-refractivity contribution in [2.75, 3.05) is 13.2 Å². The van der Waals surface area contributed by atoms with E-state index in [1.54, 1.807) is 0 Å². The number of hydrogen-bond acceptors (Lipinski definition) is 2. The zero-order valence-electron chi connectivity index (χ0n) is 10.6. The number of likely N-dealkylation sites (N-methyl/N-ethyl adjacent to an activating group) is 1. The van der Waals surface area contributed by atoms with Gasteiger partial charge < -0.3 is 10.1 Å². The Labute approximate surface area is 95.1 Å². The molecule has 2 heteroatoms. The van der Waals surface area contributed by atoms with Crippen molar-refractivity contribution in [3.63, 3.8) is 0 Å². The number of nitrogens with one attached hydrogen (secondary N) is 1. The van der Waals surface area contributed by atoms with Crippen molar-refractivity contribution in [2.24, 2.45) is 0 Å². The Morgan fingerprint density at radius 1 is 1.33 bits per heavy atom. The van der Waals surface area contributed by atoms with Crippen LogP contribution in [-0.4, -0.2) is 25.3 Å². The maximum absolute atomic E-state index is 5.75. The first-order valence-corrected chi connectivity index (χ1v) is 6.25. The van der Waals surface area contributed by atoms with Crippen molar-refractivity contribution in [3.05, 3.63) is 12.7 Å². The molecule has 0 spiro atoms. The summed E-state index contributed by atoms with van der Waals surface area (Å²) in [6.07, 6.45) is 6.91. The normalized spacial score (nSPS) is 14.9. The fourth-order valence-electron chi connectivity index (χ4n) is 1.90. The lowest BCUT2D eigenvalue weighted by Crippen LogP contribution is -2.41. The lowest BCUT2D eigenvalue weighted by atomic mass is 10.0. The van der Waals surface area contributed by atoms with Gasteiger partial charge in [0.25, 0.3) is 0 Å². The van der Waals surface area contributed by atoms with Gasteiger partial charge in [0.2, 0.25) is 0 Å². The van der Waals surface area contributed by atoms with Gasteiger partial charge in [-0.2, -0.15) is 0 Å². The van der Waals surface area contributed by atoms with Crippen LogP contribution in [0.3, 0.4) is 0 Å². The van der Waals surface area contributed by atoms with E-state index in [1.807, 2.05) is 6.08 Å². The van der Waals surface area contributed by atoms with Crippen LogP contribution < -0.4 is 5.32 Å². The maximum Gasteiger partial charge on any atom is 0.0725 e. The number of unbranched alkanes of at least 4 members (excludes halogenated alkanes) is 1. The lowest BCUT2D eigenvalue weighted by Gasteiger charge is -2.26. The zero-order valence-corrected chi connectivity index (χ0v) is 10.6. The number of allylic oxidation sites excluding steroid dienone is 1. The Morgan fingerprint density at radius 2 is 2.07 bits per heavy atom. The second-order valence-electron chi connectivity index (χ2n) is 3.79. The molecule has 0 aromatic rings. The first-order chi connectivity index (χ1) is 7.29. The van der Waals surface area contributed by atoms with E-state index in [0.717, 1.165) is 26.0 Å². The van der Waals surface area contributed by atoms with Crippen LogP contribution in [0.1, 0.15) is 46.5 Å². The van der Waals surface area contributed by atoms with Gasteiger partial charge in [0.05, 0.1) is 6.10 Å². The molecule has 2 atom stereocenters. The summed E-state index contributed by atoms with van der Waals surface area (Å²) in [6.45, 7) is 12.0. The third kappa shape index (κ3) is 6.69. The highest BCUT2D eigenvalue weighted by molar-refractivity contribution is 4.77. The predicted octanol–water partition coefficient (Wildman–Crippen LogP) is 3.14. The summed E-state index contributed by atoms with van der Waals surface area (Å²) in [5.41, 5.74) is 0. The molecule has 0 saturated carbocycles. The molecule has 2 unspecified atom stereocenters. The van der Waals surface area contributed by atoms with E-state index in [-0.39, 0.29) is 0 Å². The largest absolute Gasteiger partial charge is 0.377 e. The molecule has 0 aromatic carbocycles. The van der Waals surface area contributed by atoms with E-state index in [0.29, 0.717) is 12.1 Å². The summed E-state index contributed by atoms with van der Waals surface area (Å²) < 4.78 is 5.75. The Bertz CT molecular complexity index is 147. The molecule has 0 heterocycles. The minimum absolute atomic E-state index is 0.361. The minimum atomic E-state index is 0.361. The Morgan fingerprint density at radius 3 is 2.53 bits per heavy atom. The minimum Gasteiger partial charge on any atom is -0.377 e. The first kappa shape index (κ1) is 14.7. The SMILES string of the molecule is C=CCCCC(NCC)C(CC)OCC. The Kier molecular flexibility index (Phi) is 9.96. The average Bonchev–Trinajstić information content (AvgIpc) is 2.25. The van der Waals surface area contributed by atoms with Gasteiger partial charge in [0, 0.05) is 12.6 Å². The van der Waals surface area contributed by atoms with Crippen molar-refractivity contribution in [2.45, 2.75) is 58.6 Å². The third-order valence-corrected chi connectivity index (χ3v) is 2.62. The summed E-state index contributed by atoms with van der Waals surface area (Å²) in [5.74, 6) is 0. The standard InChI is InChI=1S/C13H27NO/c1-5-9-10-11-12(14-7-3)13(6-2)15-8-4/h5,12-14H,1,6-11H2,2-4H3. The molecule has 0 amide bonds. The molecule has 0 aliphatic heterocycles. The molecule has 0 radical (unpaired) electrons. The molecule has 0 bridgehead atoms. The van der Waals surface area contributed by atoms with Gasteiger partial charge >= 0.3 is 0 Å². The van der Waals surface area contributed by atoms with Crippen LogP contribution in [-0.2, 0) is 4.74 Å². The van der Waals surface area contributed by atoms with Gasteiger partial charge in [-0.05, 0) is 39.2 Å². The molecule has 0 rings (SSSR count). The van der Waals surface area contributed by atoms with Gasteiger partial charge in [-0.15, -0.1) is 6.58 Å². The zero-order chi connectivity index (χ0) is 11.5. The average molecular weight is 213 g/mol. The Hall–Kier alpha value is -0.340. The molecule has 0 aliphatic rings. The van der Waals surface area contributed by atoms with E-state index in [2.05, 4.69) is 32.7 Å². The molecule has 0 aliphatic carbocycles. The summed E-state index contributed by atoms with van der Waals surface area (Å²) in [7, 11) is 0. The van der Waals surface area contributed by atoms with Gasteiger partial charge in [-0.3, -0.25) is 0 Å². The van der Waals surface area contributed by atoms with Crippen molar-refractivity contribution in [1.82, 2.24) is 5.32 Å². The summed E-state index contributed by atoms with van der Waals surface area (Å²) in [4.78, 5) is 0. The molecule has 1 N–H and O–H groups in total. The molecule has 90 valence electrons. The summed E-state index contributed by atoms with van der Waals surface area (Å²) in [6, 6.07) is 0.500. The molecule has 0 saturated heterocycles. The van der Waals surface area contributed by atoms with Crippen molar-refractivity contribution < 1.29 is 4.74 Å². The second kappa shape index (κ2) is 10.2. The van der Waals surface area contributed by atoms with E-state index in [9.17, 15) is 0 Å². The molecule has 15 heavy (non-hydrogen) atoms. The fraction of sp³-hybridized carbons (Fsp3) is 0.846. The third-order valence-electron chi connectivity index (χ3n) is 2.62. The highest BCUT2D eigenvalue weighted by Crippen LogP contribution is 2.11. The quantitative estimate of drug-likeness (QED) is 0.444. The van der Waals surface area contributed by atoms with E-state index in [1.165, 1.54) is 12.8 Å². The smallest absolute Gasteiger partial charge is 0.0725 e. The van der Waals surface area contributed by atoms with Gasteiger partial charge in [-0.25, -0.2) is 0 Å². The van der Waals surface area contributed by atoms with Gasteiger partial charge in [0.15, 0.2) is 0 Å². The van der Waals surface area contributed by atoms with Crippen LogP contribution in [0.25, 0.3) is 0 Å². The monoisotopic (exact) mass is 213 g/mol. The highest BCUT2D eigenvalue weighted by Gasteiger charge is 2.18. The van der Waals surface area contributed by atoms with E-state index >= 15 is 0 Å². The molecule has 2 nitrogen and oxygen atoms in total. The topological polar surface area (TPSA) is 21.3 Å². The van der Waals surface area contributed by atoms with Gasteiger partial charge in [-0.1, -0.05) is 19.9 Å². The van der Waals surface area contributed by atoms with E-state index < -0.39 is 0 Å². The second-order valence-corrected chi connectivity index (χ2v) is 3.79. The lowest BCUT2D eigenvalue weighted by molar-refractivity contribution is 0.0296. The molecule has 0 fully saturated rings. The van der Waals surface area contributed by atoms with Crippen LogP contribution in [0.2, 0.25) is 0 Å².